The van der Waals surface area contributed by atoms with Gasteiger partial charge in [-0.25, -0.2) is 0 Å². The van der Waals surface area contributed by atoms with E-state index in [-0.39, 0.29) is 0 Å². The smallest absolute Gasteiger partial charge is 0.181 e. The predicted octanol–water partition coefficient (Wildman–Crippen LogP) is 0.704. The SMILES string of the molecule is BNCCCCCC. The summed E-state index contributed by atoms with van der Waals surface area (Å²) in [5, 5.41) is 3.13. The molecule has 0 aliphatic rings. The summed E-state index contributed by atoms with van der Waals surface area (Å²) in [6, 6.07) is 0. The number of unbranched alkanes of at least 4 members (excludes halogenated alkanes) is 3. The lowest BCUT2D eigenvalue weighted by Crippen LogP contribution is -2.09. The largest absolute Gasteiger partial charge is 0.362 e. The molecule has 0 unspecified atom stereocenters. The standard InChI is InChI=1S/C6H16BN/c1-2-3-4-5-6-8-7/h8H,2-7H2,1H3. The van der Waals surface area contributed by atoms with Gasteiger partial charge in [-0.15, -0.1) is 0 Å². The van der Waals surface area contributed by atoms with Crippen molar-refractivity contribution in [2.45, 2.75) is 32.6 Å². The summed E-state index contributed by atoms with van der Waals surface area (Å²) in [6.07, 6.45) is 5.45. The third kappa shape index (κ3) is 6.02. The van der Waals surface area contributed by atoms with E-state index in [9.17, 15) is 0 Å². The summed E-state index contributed by atoms with van der Waals surface area (Å²) < 4.78 is 0. The van der Waals surface area contributed by atoms with E-state index in [1.165, 1.54) is 32.2 Å². The van der Waals surface area contributed by atoms with Crippen LogP contribution in [0.5, 0.6) is 0 Å². The van der Waals surface area contributed by atoms with Crippen LogP contribution in [0.2, 0.25) is 0 Å². The van der Waals surface area contributed by atoms with Gasteiger partial charge < -0.3 is 5.23 Å². The summed E-state index contributed by atoms with van der Waals surface area (Å²) in [5.74, 6) is 0. The zero-order valence-electron chi connectivity index (χ0n) is 6.04. The summed E-state index contributed by atoms with van der Waals surface area (Å²) in [7, 11) is 2.01. The van der Waals surface area contributed by atoms with Crippen LogP contribution in [0.1, 0.15) is 32.6 Å². The molecule has 0 amide bonds. The Morgan fingerprint density at radius 1 is 1.25 bits per heavy atom. The molecule has 0 fully saturated rings. The van der Waals surface area contributed by atoms with Crippen molar-refractivity contribution in [3.8, 4) is 0 Å². The Hall–Kier alpha value is 0.0249. The van der Waals surface area contributed by atoms with Gasteiger partial charge in [-0.2, -0.15) is 0 Å². The normalized spacial score (nSPS) is 9.62. The molecule has 1 nitrogen and oxygen atoms in total. The van der Waals surface area contributed by atoms with Crippen molar-refractivity contribution in [3.63, 3.8) is 0 Å². The van der Waals surface area contributed by atoms with E-state index in [0.717, 1.165) is 0 Å². The van der Waals surface area contributed by atoms with E-state index in [1.54, 1.807) is 0 Å². The first-order chi connectivity index (χ1) is 3.91. The van der Waals surface area contributed by atoms with Crippen LogP contribution in [0.4, 0.5) is 0 Å². The van der Waals surface area contributed by atoms with Gasteiger partial charge in [-0.05, 0) is 13.0 Å². The van der Waals surface area contributed by atoms with Crippen molar-refractivity contribution in [2.24, 2.45) is 0 Å². The average molecular weight is 113 g/mol. The molecular formula is C6H16BN. The van der Waals surface area contributed by atoms with Crippen molar-refractivity contribution >= 4 is 7.98 Å². The zero-order valence-corrected chi connectivity index (χ0v) is 6.04. The third-order valence-corrected chi connectivity index (χ3v) is 1.28. The minimum atomic E-state index is 1.18. The molecule has 0 bridgehead atoms. The molecule has 0 saturated carbocycles. The summed E-state index contributed by atoms with van der Waals surface area (Å²) in [6.45, 7) is 3.42. The van der Waals surface area contributed by atoms with Gasteiger partial charge >= 0.3 is 0 Å². The van der Waals surface area contributed by atoms with E-state index in [0.29, 0.717) is 0 Å². The van der Waals surface area contributed by atoms with Crippen LogP contribution in [0.25, 0.3) is 0 Å². The highest BCUT2D eigenvalue weighted by molar-refractivity contribution is 6.04. The van der Waals surface area contributed by atoms with Crippen molar-refractivity contribution in [2.75, 3.05) is 6.54 Å². The van der Waals surface area contributed by atoms with Gasteiger partial charge in [0.25, 0.3) is 0 Å². The van der Waals surface area contributed by atoms with Crippen molar-refractivity contribution < 1.29 is 0 Å². The molecule has 0 heterocycles. The topological polar surface area (TPSA) is 12.0 Å². The lowest BCUT2D eigenvalue weighted by atomic mass is 10.2. The van der Waals surface area contributed by atoms with E-state index in [2.05, 4.69) is 12.2 Å². The molecule has 0 aliphatic heterocycles. The minimum absolute atomic E-state index is 1.18. The van der Waals surface area contributed by atoms with Gasteiger partial charge in [0.15, 0.2) is 7.98 Å². The Morgan fingerprint density at radius 3 is 2.50 bits per heavy atom. The molecule has 1 N–H and O–H groups in total. The van der Waals surface area contributed by atoms with Gasteiger partial charge in [0.2, 0.25) is 0 Å². The van der Waals surface area contributed by atoms with E-state index >= 15 is 0 Å². The van der Waals surface area contributed by atoms with E-state index in [1.807, 2.05) is 7.98 Å². The summed E-state index contributed by atoms with van der Waals surface area (Å²) in [5.41, 5.74) is 0. The van der Waals surface area contributed by atoms with Crippen molar-refractivity contribution in [1.82, 2.24) is 5.23 Å². The first-order valence-electron chi connectivity index (χ1n) is 3.56. The molecule has 0 aromatic carbocycles. The highest BCUT2D eigenvalue weighted by Crippen LogP contribution is 1.96. The summed E-state index contributed by atoms with van der Waals surface area (Å²) >= 11 is 0. The quantitative estimate of drug-likeness (QED) is 0.408. The maximum Gasteiger partial charge on any atom is 0.181 e. The van der Waals surface area contributed by atoms with Gasteiger partial charge in [-0.3, -0.25) is 0 Å². The van der Waals surface area contributed by atoms with Gasteiger partial charge in [-0.1, -0.05) is 26.2 Å². The van der Waals surface area contributed by atoms with Crippen LogP contribution in [-0.2, 0) is 0 Å². The van der Waals surface area contributed by atoms with Gasteiger partial charge in [0.1, 0.15) is 0 Å². The average Bonchev–Trinajstić information content (AvgIpc) is 1.81. The zero-order chi connectivity index (χ0) is 6.24. The molecule has 2 heteroatoms. The molecular weight excluding hydrogens is 96.9 g/mol. The fourth-order valence-electron chi connectivity index (χ4n) is 0.729. The first kappa shape index (κ1) is 8.02. The molecule has 0 aliphatic carbocycles. The third-order valence-electron chi connectivity index (χ3n) is 1.28. The predicted molar refractivity (Wildman–Crippen MR) is 40.7 cm³/mol. The number of nitrogens with one attached hydrogen (secondary N) is 1. The fourth-order valence-corrected chi connectivity index (χ4v) is 0.729. The highest BCUT2D eigenvalue weighted by atomic mass is 14.7. The number of hydrogen-bond donors (Lipinski definition) is 1. The second-order valence-corrected chi connectivity index (χ2v) is 2.16. The lowest BCUT2D eigenvalue weighted by molar-refractivity contribution is 0.660. The number of hydrogen-bond acceptors (Lipinski definition) is 1. The molecule has 0 saturated heterocycles. The molecule has 0 rings (SSSR count). The number of rotatable bonds is 5. The summed E-state index contributed by atoms with van der Waals surface area (Å²) in [4.78, 5) is 0. The monoisotopic (exact) mass is 113 g/mol. The molecule has 0 spiro atoms. The van der Waals surface area contributed by atoms with Crippen LogP contribution >= 0.6 is 0 Å². The Balaban J connectivity index is 2.53. The van der Waals surface area contributed by atoms with Crippen molar-refractivity contribution in [1.29, 1.82) is 0 Å². The molecule has 0 atom stereocenters. The van der Waals surface area contributed by atoms with Crippen LogP contribution in [0.15, 0.2) is 0 Å². The molecule has 0 aromatic heterocycles. The van der Waals surface area contributed by atoms with E-state index < -0.39 is 0 Å². The maximum absolute atomic E-state index is 3.13. The van der Waals surface area contributed by atoms with Crippen LogP contribution in [-0.4, -0.2) is 14.5 Å². The molecule has 0 aromatic rings. The first-order valence-corrected chi connectivity index (χ1v) is 3.56. The van der Waals surface area contributed by atoms with Crippen LogP contribution in [0.3, 0.4) is 0 Å². The Morgan fingerprint density at radius 2 is 2.00 bits per heavy atom. The minimum Gasteiger partial charge on any atom is -0.362 e. The maximum atomic E-state index is 3.13. The van der Waals surface area contributed by atoms with Crippen LogP contribution < -0.4 is 5.23 Å². The Labute approximate surface area is 53.3 Å². The van der Waals surface area contributed by atoms with Crippen molar-refractivity contribution in [3.05, 3.63) is 0 Å². The Kier molecular flexibility index (Phi) is 7.05. The lowest BCUT2D eigenvalue weighted by Gasteiger charge is -1.95. The molecule has 48 valence electrons. The molecule has 0 radical (unpaired) electrons. The second kappa shape index (κ2) is 7.02. The second-order valence-electron chi connectivity index (χ2n) is 2.16. The van der Waals surface area contributed by atoms with Crippen LogP contribution in [0, 0.1) is 0 Å². The Bertz CT molecular complexity index is 33.5. The van der Waals surface area contributed by atoms with E-state index in [4.69, 9.17) is 0 Å². The fraction of sp³-hybridized carbons (Fsp3) is 1.00. The van der Waals surface area contributed by atoms with Gasteiger partial charge in [0, 0.05) is 0 Å². The molecule has 8 heavy (non-hydrogen) atoms. The highest BCUT2D eigenvalue weighted by Gasteiger charge is 1.82. The van der Waals surface area contributed by atoms with Gasteiger partial charge in [0.05, 0.1) is 0 Å².